The minimum absolute atomic E-state index is 0.0134. The van der Waals surface area contributed by atoms with Crippen molar-refractivity contribution < 1.29 is 9.18 Å². The quantitative estimate of drug-likeness (QED) is 0.647. The summed E-state index contributed by atoms with van der Waals surface area (Å²) in [7, 11) is 1.88. The minimum atomic E-state index is -0.585. The number of carbonyl (C=O) groups is 1. The summed E-state index contributed by atoms with van der Waals surface area (Å²) in [6.07, 6.45) is 1.76. The molecule has 0 atom stereocenters. The molecular weight excluding hydrogens is 277 g/mol. The molecule has 0 unspecified atom stereocenters. The van der Waals surface area contributed by atoms with Crippen LogP contribution in [0.2, 0.25) is 5.02 Å². The molecule has 0 saturated carbocycles. The van der Waals surface area contributed by atoms with Crippen molar-refractivity contribution in [3.63, 3.8) is 0 Å². The number of carbonyl (C=O) groups excluding carboxylic acids is 1. The molecule has 0 fully saturated rings. The Morgan fingerprint density at radius 2 is 1.95 bits per heavy atom. The Morgan fingerprint density at radius 3 is 2.70 bits per heavy atom. The Bertz CT molecular complexity index is 822. The second kappa shape index (κ2) is 4.76. The standard InChI is InChI=1S/C16H11ClFNO/c1-19-9-12(11-4-2-3-5-15(11)19)16(20)10-6-7-13(17)14(18)8-10/h2-9H,1H3. The van der Waals surface area contributed by atoms with Crippen molar-refractivity contribution in [1.29, 1.82) is 0 Å². The van der Waals surface area contributed by atoms with Gasteiger partial charge in [-0.3, -0.25) is 4.79 Å². The summed E-state index contributed by atoms with van der Waals surface area (Å²) in [4.78, 5) is 12.5. The number of nitrogens with zero attached hydrogens (tertiary/aromatic N) is 1. The van der Waals surface area contributed by atoms with Gasteiger partial charge in [0.25, 0.3) is 0 Å². The van der Waals surface area contributed by atoms with Crippen molar-refractivity contribution in [3.05, 3.63) is 70.6 Å². The monoisotopic (exact) mass is 287 g/mol. The molecule has 0 saturated heterocycles. The third kappa shape index (κ3) is 2.00. The molecule has 100 valence electrons. The van der Waals surface area contributed by atoms with Crippen molar-refractivity contribution in [1.82, 2.24) is 4.57 Å². The number of aryl methyl sites for hydroxylation is 1. The first-order chi connectivity index (χ1) is 9.58. The summed E-state index contributed by atoms with van der Waals surface area (Å²) < 4.78 is 15.4. The fraction of sp³-hybridized carbons (Fsp3) is 0.0625. The van der Waals surface area contributed by atoms with E-state index in [4.69, 9.17) is 11.6 Å². The average Bonchev–Trinajstić information content (AvgIpc) is 2.79. The van der Waals surface area contributed by atoms with E-state index in [1.54, 1.807) is 6.20 Å². The van der Waals surface area contributed by atoms with Gasteiger partial charge in [0, 0.05) is 35.3 Å². The van der Waals surface area contributed by atoms with Crippen LogP contribution in [0.4, 0.5) is 4.39 Å². The first-order valence-corrected chi connectivity index (χ1v) is 6.49. The van der Waals surface area contributed by atoms with Gasteiger partial charge in [-0.15, -0.1) is 0 Å². The molecule has 1 aromatic heterocycles. The van der Waals surface area contributed by atoms with Gasteiger partial charge in [-0.25, -0.2) is 4.39 Å². The van der Waals surface area contributed by atoms with Gasteiger partial charge < -0.3 is 4.57 Å². The maximum Gasteiger partial charge on any atom is 0.195 e. The fourth-order valence-corrected chi connectivity index (χ4v) is 2.43. The second-order valence-electron chi connectivity index (χ2n) is 4.63. The van der Waals surface area contributed by atoms with Gasteiger partial charge in [0.15, 0.2) is 5.78 Å². The Morgan fingerprint density at radius 1 is 1.20 bits per heavy atom. The summed E-state index contributed by atoms with van der Waals surface area (Å²) in [6, 6.07) is 11.7. The highest BCUT2D eigenvalue weighted by molar-refractivity contribution is 6.31. The molecule has 0 bridgehead atoms. The largest absolute Gasteiger partial charge is 0.350 e. The van der Waals surface area contributed by atoms with Crippen LogP contribution in [0.1, 0.15) is 15.9 Å². The lowest BCUT2D eigenvalue weighted by Gasteiger charge is -2.01. The van der Waals surface area contributed by atoms with Gasteiger partial charge in [-0.05, 0) is 24.3 Å². The van der Waals surface area contributed by atoms with Crippen molar-refractivity contribution in [2.45, 2.75) is 0 Å². The van der Waals surface area contributed by atoms with E-state index in [1.165, 1.54) is 18.2 Å². The number of ketones is 1. The average molecular weight is 288 g/mol. The summed E-state index contributed by atoms with van der Waals surface area (Å²) in [5, 5.41) is 0.870. The number of hydrogen-bond donors (Lipinski definition) is 0. The molecule has 0 N–H and O–H groups in total. The molecular formula is C16H11ClFNO. The smallest absolute Gasteiger partial charge is 0.195 e. The highest BCUT2D eigenvalue weighted by atomic mass is 35.5. The van der Waals surface area contributed by atoms with Crippen LogP contribution in [-0.2, 0) is 7.05 Å². The van der Waals surface area contributed by atoms with Crippen LogP contribution in [0.15, 0.2) is 48.7 Å². The highest BCUT2D eigenvalue weighted by Gasteiger charge is 2.16. The number of halogens is 2. The van der Waals surface area contributed by atoms with Crippen LogP contribution in [-0.4, -0.2) is 10.4 Å². The van der Waals surface area contributed by atoms with E-state index in [0.29, 0.717) is 11.1 Å². The second-order valence-corrected chi connectivity index (χ2v) is 5.04. The van der Waals surface area contributed by atoms with E-state index in [9.17, 15) is 9.18 Å². The first kappa shape index (κ1) is 12.9. The van der Waals surface area contributed by atoms with E-state index < -0.39 is 5.82 Å². The maximum absolute atomic E-state index is 13.5. The third-order valence-corrected chi connectivity index (χ3v) is 3.63. The van der Waals surface area contributed by atoms with Crippen molar-refractivity contribution in [2.24, 2.45) is 7.05 Å². The first-order valence-electron chi connectivity index (χ1n) is 6.12. The van der Waals surface area contributed by atoms with Crippen LogP contribution in [0.25, 0.3) is 10.9 Å². The number of hydrogen-bond acceptors (Lipinski definition) is 1. The van der Waals surface area contributed by atoms with Crippen molar-refractivity contribution in [2.75, 3.05) is 0 Å². The number of benzene rings is 2. The summed E-state index contributed by atoms with van der Waals surface area (Å²) in [6.45, 7) is 0. The van der Waals surface area contributed by atoms with E-state index in [1.807, 2.05) is 35.9 Å². The van der Waals surface area contributed by atoms with Crippen molar-refractivity contribution >= 4 is 28.3 Å². The van der Waals surface area contributed by atoms with Crippen LogP contribution in [0, 0.1) is 5.82 Å². The molecule has 0 amide bonds. The zero-order valence-corrected chi connectivity index (χ0v) is 11.5. The predicted molar refractivity (Wildman–Crippen MR) is 77.8 cm³/mol. The van der Waals surface area contributed by atoms with Crippen LogP contribution >= 0.6 is 11.6 Å². The predicted octanol–water partition coefficient (Wildman–Crippen LogP) is 4.20. The molecule has 0 aliphatic heterocycles. The van der Waals surface area contributed by atoms with Crippen LogP contribution in [0.5, 0.6) is 0 Å². The van der Waals surface area contributed by atoms with Gasteiger partial charge in [-0.1, -0.05) is 29.8 Å². The number of rotatable bonds is 2. The van der Waals surface area contributed by atoms with E-state index in [2.05, 4.69) is 0 Å². The molecule has 4 heteroatoms. The third-order valence-electron chi connectivity index (χ3n) is 3.32. The Kier molecular flexibility index (Phi) is 3.07. The lowest BCUT2D eigenvalue weighted by atomic mass is 10.0. The zero-order valence-electron chi connectivity index (χ0n) is 10.7. The molecule has 2 nitrogen and oxygen atoms in total. The topological polar surface area (TPSA) is 22.0 Å². The van der Waals surface area contributed by atoms with Crippen molar-refractivity contribution in [3.8, 4) is 0 Å². The molecule has 1 heterocycles. The zero-order chi connectivity index (χ0) is 14.3. The normalized spacial score (nSPS) is 10.9. The Balaban J connectivity index is 2.15. The lowest BCUT2D eigenvalue weighted by Crippen LogP contribution is -2.01. The Labute approximate surface area is 120 Å². The van der Waals surface area contributed by atoms with Crippen LogP contribution < -0.4 is 0 Å². The molecule has 0 aliphatic carbocycles. The summed E-state index contributed by atoms with van der Waals surface area (Å²) >= 11 is 5.64. The number of aromatic nitrogens is 1. The molecule has 3 aromatic rings. The van der Waals surface area contributed by atoms with E-state index in [0.717, 1.165) is 10.9 Å². The van der Waals surface area contributed by atoms with Gasteiger partial charge >= 0.3 is 0 Å². The molecule has 3 rings (SSSR count). The van der Waals surface area contributed by atoms with E-state index >= 15 is 0 Å². The summed E-state index contributed by atoms with van der Waals surface area (Å²) in [5.74, 6) is -0.796. The van der Waals surface area contributed by atoms with Gasteiger partial charge in [0.1, 0.15) is 5.82 Å². The molecule has 2 aromatic carbocycles. The molecule has 0 spiro atoms. The molecule has 20 heavy (non-hydrogen) atoms. The SMILES string of the molecule is Cn1cc(C(=O)c2ccc(Cl)c(F)c2)c2ccccc21. The molecule has 0 radical (unpaired) electrons. The Hall–Kier alpha value is -2.13. The summed E-state index contributed by atoms with van der Waals surface area (Å²) in [5.41, 5.74) is 1.82. The van der Waals surface area contributed by atoms with Crippen LogP contribution in [0.3, 0.4) is 0 Å². The number of fused-ring (bicyclic) bond motifs is 1. The maximum atomic E-state index is 13.5. The highest BCUT2D eigenvalue weighted by Crippen LogP contribution is 2.24. The van der Waals surface area contributed by atoms with E-state index in [-0.39, 0.29) is 10.8 Å². The minimum Gasteiger partial charge on any atom is -0.350 e. The van der Waals surface area contributed by atoms with Gasteiger partial charge in [0.05, 0.1) is 5.02 Å². The molecule has 0 aliphatic rings. The van der Waals surface area contributed by atoms with Gasteiger partial charge in [0.2, 0.25) is 0 Å². The lowest BCUT2D eigenvalue weighted by molar-refractivity contribution is 0.103. The number of para-hydroxylation sites is 1. The fourth-order valence-electron chi connectivity index (χ4n) is 2.32. The van der Waals surface area contributed by atoms with Gasteiger partial charge in [-0.2, -0.15) is 0 Å².